The van der Waals surface area contributed by atoms with Gasteiger partial charge in [-0.2, -0.15) is 0 Å². The smallest absolute Gasteiger partial charge is 0.326 e. The highest BCUT2D eigenvalue weighted by molar-refractivity contribution is 5.96. The number of carbonyl (C=O) groups is 6. The minimum absolute atomic E-state index is 0.00474. The summed E-state index contributed by atoms with van der Waals surface area (Å²) in [5, 5.41) is 34.0. The highest BCUT2D eigenvalue weighted by Gasteiger charge is 2.32. The molecule has 0 aliphatic rings. The van der Waals surface area contributed by atoms with Crippen molar-refractivity contribution in [3.8, 4) is 0 Å². The Kier molecular flexibility index (Phi) is 15.6. The molecule has 0 aliphatic carbocycles. The lowest BCUT2D eigenvalue weighted by Crippen LogP contribution is -2.57. The molecule has 3 amide bonds. The zero-order chi connectivity index (χ0) is 28.5. The summed E-state index contributed by atoms with van der Waals surface area (Å²) in [5.41, 5.74) is 21.5. The van der Waals surface area contributed by atoms with Crippen LogP contribution in [0.3, 0.4) is 0 Å². The van der Waals surface area contributed by atoms with Crippen molar-refractivity contribution in [1.82, 2.24) is 16.0 Å². The number of rotatable bonds is 19. The Hall–Kier alpha value is -3.99. The number of aliphatic imine (C=N–C) groups is 1. The van der Waals surface area contributed by atoms with Crippen molar-refractivity contribution in [3.05, 3.63) is 0 Å². The number of hydrogen-bond donors (Lipinski definition) is 10. The maximum Gasteiger partial charge on any atom is 0.326 e. The Morgan fingerprint density at radius 1 is 0.703 bits per heavy atom. The van der Waals surface area contributed by atoms with E-state index in [-0.39, 0.29) is 25.3 Å². The number of nitrogens with one attached hydrogen (secondary N) is 3. The fourth-order valence-electron chi connectivity index (χ4n) is 2.99. The molecule has 4 atom stereocenters. The Bertz CT molecular complexity index is 848. The maximum atomic E-state index is 12.7. The van der Waals surface area contributed by atoms with Crippen LogP contribution in [0.5, 0.6) is 0 Å². The molecular weight excluding hydrogens is 496 g/mol. The van der Waals surface area contributed by atoms with Gasteiger partial charge in [0.05, 0.1) is 18.9 Å². The maximum absolute atomic E-state index is 12.7. The van der Waals surface area contributed by atoms with Gasteiger partial charge in [-0.25, -0.2) is 4.79 Å². The Morgan fingerprint density at radius 3 is 1.62 bits per heavy atom. The van der Waals surface area contributed by atoms with Gasteiger partial charge in [0.1, 0.15) is 18.1 Å². The Labute approximate surface area is 212 Å². The number of guanidine groups is 1. The van der Waals surface area contributed by atoms with E-state index in [1.165, 1.54) is 0 Å². The van der Waals surface area contributed by atoms with Gasteiger partial charge in [-0.1, -0.05) is 0 Å². The molecule has 37 heavy (non-hydrogen) atoms. The predicted molar refractivity (Wildman–Crippen MR) is 129 cm³/mol. The fraction of sp³-hybridized carbons (Fsp3) is 0.650. The summed E-state index contributed by atoms with van der Waals surface area (Å²) in [7, 11) is 0. The van der Waals surface area contributed by atoms with Crippen LogP contribution in [0.4, 0.5) is 0 Å². The predicted octanol–water partition coefficient (Wildman–Crippen LogP) is -4.02. The molecule has 17 heteroatoms. The first-order valence-electron chi connectivity index (χ1n) is 11.4. The van der Waals surface area contributed by atoms with Crippen molar-refractivity contribution in [2.24, 2.45) is 27.9 Å². The second-order valence-corrected chi connectivity index (χ2v) is 8.06. The minimum atomic E-state index is -1.76. The van der Waals surface area contributed by atoms with E-state index >= 15 is 0 Å². The van der Waals surface area contributed by atoms with Crippen LogP contribution in [-0.4, -0.2) is 94.2 Å². The number of aliphatic carboxylic acids is 3. The van der Waals surface area contributed by atoms with E-state index in [2.05, 4.69) is 20.9 Å². The molecular formula is C20H36N8O9. The number of carbonyl (C=O) groups excluding carboxylic acids is 3. The lowest BCUT2D eigenvalue weighted by atomic mass is 10.1. The summed E-state index contributed by atoms with van der Waals surface area (Å²) in [6.07, 6.45) is -0.593. The summed E-state index contributed by atoms with van der Waals surface area (Å²) in [4.78, 5) is 75.3. The van der Waals surface area contributed by atoms with Crippen molar-refractivity contribution in [2.75, 3.05) is 13.1 Å². The summed E-state index contributed by atoms with van der Waals surface area (Å²) < 4.78 is 0. The number of carboxylic acid groups (broad SMARTS) is 3. The summed E-state index contributed by atoms with van der Waals surface area (Å²) in [6.45, 7) is 0.479. The van der Waals surface area contributed by atoms with Crippen molar-refractivity contribution >= 4 is 41.6 Å². The number of amides is 3. The number of hydrogen-bond acceptors (Lipinski definition) is 9. The van der Waals surface area contributed by atoms with Gasteiger partial charge in [-0.05, 0) is 38.6 Å². The largest absolute Gasteiger partial charge is 0.481 e. The topological polar surface area (TPSA) is 316 Å². The van der Waals surface area contributed by atoms with Gasteiger partial charge in [-0.3, -0.25) is 29.0 Å². The van der Waals surface area contributed by atoms with Crippen LogP contribution in [0.1, 0.15) is 44.9 Å². The molecule has 4 unspecified atom stereocenters. The summed E-state index contributed by atoms with van der Waals surface area (Å²) in [6, 6.07) is -6.00. The van der Waals surface area contributed by atoms with E-state index in [1.807, 2.05) is 0 Å². The van der Waals surface area contributed by atoms with Crippen LogP contribution >= 0.6 is 0 Å². The molecule has 0 fully saturated rings. The van der Waals surface area contributed by atoms with Crippen LogP contribution < -0.4 is 38.9 Å². The van der Waals surface area contributed by atoms with E-state index in [1.54, 1.807) is 0 Å². The zero-order valence-electron chi connectivity index (χ0n) is 20.2. The van der Waals surface area contributed by atoms with Crippen LogP contribution in [-0.2, 0) is 28.8 Å². The third kappa shape index (κ3) is 14.9. The number of unbranched alkanes of at least 4 members (excludes halogenated alkanes) is 1. The molecule has 0 heterocycles. The van der Waals surface area contributed by atoms with Gasteiger partial charge in [0.15, 0.2) is 5.96 Å². The third-order valence-electron chi connectivity index (χ3n) is 4.89. The van der Waals surface area contributed by atoms with E-state index < -0.39 is 72.6 Å². The van der Waals surface area contributed by atoms with Gasteiger partial charge >= 0.3 is 17.9 Å². The van der Waals surface area contributed by atoms with Crippen LogP contribution in [0.25, 0.3) is 0 Å². The molecule has 0 rings (SSSR count). The zero-order valence-corrected chi connectivity index (χ0v) is 20.2. The average molecular weight is 533 g/mol. The molecule has 0 aromatic rings. The standard InChI is InChI=1S/C20H36N8O9/c21-6-2-1-5-11(19(36)37)26-17(34)13(9-15(31)32)28-18(35)12(8-14(29)30)27-16(33)10(22)4-3-7-25-20(23)24/h10-13H,1-9,21-22H2,(H,26,34)(H,27,33)(H,28,35)(H,29,30)(H,31,32)(H,36,37)(H4,23,24,25). The molecule has 0 spiro atoms. The van der Waals surface area contributed by atoms with Gasteiger partial charge < -0.3 is 54.2 Å². The minimum Gasteiger partial charge on any atom is -0.481 e. The van der Waals surface area contributed by atoms with E-state index in [9.17, 15) is 33.9 Å². The highest BCUT2D eigenvalue weighted by atomic mass is 16.4. The quantitative estimate of drug-likeness (QED) is 0.0431. The van der Waals surface area contributed by atoms with Crippen LogP contribution in [0.15, 0.2) is 4.99 Å². The number of carboxylic acids is 3. The SMILES string of the molecule is NCCCCC(NC(=O)C(CC(=O)O)NC(=O)C(CC(=O)O)NC(=O)C(N)CCCN=C(N)N)C(=O)O. The first-order valence-corrected chi connectivity index (χ1v) is 11.4. The molecule has 0 saturated carbocycles. The average Bonchev–Trinajstić information content (AvgIpc) is 2.79. The summed E-state index contributed by atoms with van der Waals surface area (Å²) >= 11 is 0. The van der Waals surface area contributed by atoms with E-state index in [4.69, 9.17) is 33.1 Å². The highest BCUT2D eigenvalue weighted by Crippen LogP contribution is 2.05. The first-order chi connectivity index (χ1) is 17.3. The molecule has 0 bridgehead atoms. The summed E-state index contributed by atoms with van der Waals surface area (Å²) in [5.74, 6) is -7.69. The molecule has 0 aromatic carbocycles. The molecule has 210 valence electrons. The lowest BCUT2D eigenvalue weighted by Gasteiger charge is -2.24. The van der Waals surface area contributed by atoms with Gasteiger partial charge in [0.25, 0.3) is 0 Å². The lowest BCUT2D eigenvalue weighted by molar-refractivity contribution is -0.145. The van der Waals surface area contributed by atoms with E-state index in [0.717, 1.165) is 0 Å². The third-order valence-corrected chi connectivity index (χ3v) is 4.89. The van der Waals surface area contributed by atoms with Crippen LogP contribution in [0.2, 0.25) is 0 Å². The molecule has 0 saturated heterocycles. The number of nitrogens with two attached hydrogens (primary N) is 4. The molecule has 17 nitrogen and oxygen atoms in total. The first kappa shape index (κ1) is 33.0. The number of nitrogens with zero attached hydrogens (tertiary/aromatic N) is 1. The molecule has 0 aliphatic heterocycles. The van der Waals surface area contributed by atoms with E-state index in [0.29, 0.717) is 25.8 Å². The van der Waals surface area contributed by atoms with Crippen molar-refractivity contribution in [3.63, 3.8) is 0 Å². The molecule has 0 aromatic heterocycles. The second-order valence-electron chi connectivity index (χ2n) is 8.06. The monoisotopic (exact) mass is 532 g/mol. The molecule has 14 N–H and O–H groups in total. The Balaban J connectivity index is 5.41. The van der Waals surface area contributed by atoms with Crippen molar-refractivity contribution in [1.29, 1.82) is 0 Å². The second kappa shape index (κ2) is 17.4. The van der Waals surface area contributed by atoms with Gasteiger partial charge in [0.2, 0.25) is 17.7 Å². The van der Waals surface area contributed by atoms with Gasteiger partial charge in [0, 0.05) is 6.54 Å². The van der Waals surface area contributed by atoms with Crippen molar-refractivity contribution in [2.45, 2.75) is 69.1 Å². The Morgan fingerprint density at radius 2 is 1.19 bits per heavy atom. The normalized spacial score (nSPS) is 13.8. The molecule has 0 radical (unpaired) electrons. The van der Waals surface area contributed by atoms with Crippen molar-refractivity contribution < 1.29 is 44.1 Å². The fourth-order valence-corrected chi connectivity index (χ4v) is 2.99. The van der Waals surface area contributed by atoms with Gasteiger partial charge in [-0.15, -0.1) is 0 Å². The van der Waals surface area contributed by atoms with Crippen LogP contribution in [0, 0.1) is 0 Å².